The number of hydrogen-bond acceptors (Lipinski definition) is 9. The molecule has 3 rings (SSSR count). The second-order valence-corrected chi connectivity index (χ2v) is 5.42. The van der Waals surface area contributed by atoms with Crippen LogP contribution in [0.4, 0.5) is 0 Å². The Morgan fingerprint density at radius 1 is 1.12 bits per heavy atom. The van der Waals surface area contributed by atoms with Crippen LogP contribution in [0.2, 0.25) is 0 Å². The Hall–Kier alpha value is -2.17. The number of phenols is 1. The van der Waals surface area contributed by atoms with Crippen LogP contribution < -0.4 is 10.2 Å². The molecule has 2 aromatic rings. The lowest BCUT2D eigenvalue weighted by Gasteiger charge is -2.39. The van der Waals surface area contributed by atoms with Crippen LogP contribution in [0.25, 0.3) is 11.0 Å². The summed E-state index contributed by atoms with van der Waals surface area (Å²) in [7, 11) is 0. The fourth-order valence-corrected chi connectivity index (χ4v) is 2.54. The average molecular weight is 340 g/mol. The fourth-order valence-electron chi connectivity index (χ4n) is 2.54. The predicted octanol–water partition coefficient (Wildman–Crippen LogP) is -1.32. The average Bonchev–Trinajstić information content (AvgIpc) is 2.55. The third-order valence-electron chi connectivity index (χ3n) is 3.82. The Balaban J connectivity index is 1.90. The maximum Gasteiger partial charge on any atom is 0.229 e. The van der Waals surface area contributed by atoms with Gasteiger partial charge in [-0.2, -0.15) is 0 Å². The van der Waals surface area contributed by atoms with Gasteiger partial charge in [-0.1, -0.05) is 0 Å². The largest absolute Gasteiger partial charge is 0.507 e. The SMILES string of the molecule is O=c1ccoc2cc(O[C@H]3O[C@H](CO)[C@@H](O)[C@H](O)[C@H]3O)cc(O)c12. The van der Waals surface area contributed by atoms with E-state index in [1.54, 1.807) is 0 Å². The third kappa shape index (κ3) is 2.83. The first-order chi connectivity index (χ1) is 11.4. The van der Waals surface area contributed by atoms with Gasteiger partial charge < -0.3 is 39.4 Å². The number of aliphatic hydroxyl groups is 4. The molecule has 5 N–H and O–H groups in total. The molecule has 1 fully saturated rings. The highest BCUT2D eigenvalue weighted by atomic mass is 16.7. The summed E-state index contributed by atoms with van der Waals surface area (Å²) in [6.07, 6.45) is -6.07. The van der Waals surface area contributed by atoms with Crippen LogP contribution in [0.5, 0.6) is 11.5 Å². The minimum Gasteiger partial charge on any atom is -0.507 e. The Morgan fingerprint density at radius 2 is 1.88 bits per heavy atom. The maximum atomic E-state index is 11.7. The number of phenolic OH excluding ortho intramolecular Hbond substituents is 1. The molecule has 9 nitrogen and oxygen atoms in total. The van der Waals surface area contributed by atoms with Crippen LogP contribution in [-0.4, -0.2) is 62.8 Å². The van der Waals surface area contributed by atoms with E-state index < -0.39 is 42.7 Å². The Morgan fingerprint density at radius 3 is 2.58 bits per heavy atom. The highest BCUT2D eigenvalue weighted by Gasteiger charge is 2.44. The molecule has 1 saturated heterocycles. The number of rotatable bonds is 3. The molecule has 0 radical (unpaired) electrons. The smallest absolute Gasteiger partial charge is 0.229 e. The van der Waals surface area contributed by atoms with Gasteiger partial charge in [0.15, 0.2) is 5.43 Å². The van der Waals surface area contributed by atoms with Gasteiger partial charge in [0.1, 0.15) is 46.9 Å². The number of hydrogen-bond donors (Lipinski definition) is 5. The zero-order valence-electron chi connectivity index (χ0n) is 12.3. The molecule has 0 aliphatic carbocycles. The van der Waals surface area contributed by atoms with Crippen LogP contribution in [0.1, 0.15) is 0 Å². The normalized spacial score (nSPS) is 30.4. The van der Waals surface area contributed by atoms with Gasteiger partial charge in [-0.15, -0.1) is 0 Å². The van der Waals surface area contributed by atoms with Crippen molar-refractivity contribution < 1.29 is 39.4 Å². The zero-order chi connectivity index (χ0) is 17.4. The first kappa shape index (κ1) is 16.7. The van der Waals surface area contributed by atoms with Gasteiger partial charge in [0, 0.05) is 18.2 Å². The minimum atomic E-state index is -1.59. The molecule has 2 heterocycles. The summed E-state index contributed by atoms with van der Waals surface area (Å²) in [6.45, 7) is -0.595. The third-order valence-corrected chi connectivity index (χ3v) is 3.82. The molecule has 1 aliphatic heterocycles. The molecule has 9 heteroatoms. The lowest BCUT2D eigenvalue weighted by molar-refractivity contribution is -0.277. The molecule has 1 aliphatic rings. The molecule has 24 heavy (non-hydrogen) atoms. The van der Waals surface area contributed by atoms with Gasteiger partial charge in [-0.05, 0) is 0 Å². The molecule has 0 spiro atoms. The van der Waals surface area contributed by atoms with E-state index in [1.165, 1.54) is 6.07 Å². The van der Waals surface area contributed by atoms with E-state index in [9.17, 15) is 25.2 Å². The summed E-state index contributed by atoms with van der Waals surface area (Å²) in [6, 6.07) is 3.58. The number of aromatic hydroxyl groups is 1. The monoisotopic (exact) mass is 340 g/mol. The molecule has 130 valence electrons. The molecular weight excluding hydrogens is 324 g/mol. The van der Waals surface area contributed by atoms with Gasteiger partial charge in [0.05, 0.1) is 12.9 Å². The molecule has 0 bridgehead atoms. The van der Waals surface area contributed by atoms with Gasteiger partial charge in [-0.25, -0.2) is 0 Å². The van der Waals surface area contributed by atoms with Crippen molar-refractivity contribution in [2.24, 2.45) is 0 Å². The quantitative estimate of drug-likeness (QED) is 0.458. The molecule has 0 amide bonds. The summed E-state index contributed by atoms with van der Waals surface area (Å²) >= 11 is 0. The van der Waals surface area contributed by atoms with Crippen molar-refractivity contribution in [2.45, 2.75) is 30.7 Å². The first-order valence-electron chi connectivity index (χ1n) is 7.14. The van der Waals surface area contributed by atoms with E-state index in [1.807, 2.05) is 0 Å². The van der Waals surface area contributed by atoms with E-state index >= 15 is 0 Å². The standard InChI is InChI=1S/C15H16O9/c16-5-10-12(19)13(20)14(21)15(24-10)23-6-3-8(18)11-7(17)1-2-22-9(11)4-6/h1-4,10,12-16,18-21H,5H2/t10-,12-,13+,14-,15+/m1/s1. The first-order valence-corrected chi connectivity index (χ1v) is 7.14. The highest BCUT2D eigenvalue weighted by Crippen LogP contribution is 2.30. The molecule has 1 aromatic carbocycles. The fraction of sp³-hybridized carbons (Fsp3) is 0.400. The van der Waals surface area contributed by atoms with Crippen LogP contribution in [-0.2, 0) is 4.74 Å². The molecule has 0 unspecified atom stereocenters. The zero-order valence-corrected chi connectivity index (χ0v) is 12.3. The summed E-state index contributed by atoms with van der Waals surface area (Å²) in [5.74, 6) is -0.389. The number of fused-ring (bicyclic) bond motifs is 1. The molecule has 0 saturated carbocycles. The highest BCUT2D eigenvalue weighted by molar-refractivity contribution is 5.84. The van der Waals surface area contributed by atoms with Crippen molar-refractivity contribution in [3.63, 3.8) is 0 Å². The van der Waals surface area contributed by atoms with Crippen molar-refractivity contribution in [1.82, 2.24) is 0 Å². The van der Waals surface area contributed by atoms with Gasteiger partial charge in [-0.3, -0.25) is 4.79 Å². The summed E-state index contributed by atoms with van der Waals surface area (Å²) in [4.78, 5) is 11.7. The van der Waals surface area contributed by atoms with Gasteiger partial charge >= 0.3 is 0 Å². The number of ether oxygens (including phenoxy) is 2. The van der Waals surface area contributed by atoms with Gasteiger partial charge in [0.25, 0.3) is 0 Å². The molecule has 5 atom stereocenters. The summed E-state index contributed by atoms with van der Waals surface area (Å²) in [5.41, 5.74) is -0.379. The van der Waals surface area contributed by atoms with E-state index in [0.717, 1.165) is 18.4 Å². The summed E-state index contributed by atoms with van der Waals surface area (Å²) < 4.78 is 15.7. The van der Waals surface area contributed by atoms with Gasteiger partial charge in [0.2, 0.25) is 6.29 Å². The van der Waals surface area contributed by atoms with E-state index in [2.05, 4.69) is 0 Å². The molecule has 1 aromatic heterocycles. The lowest BCUT2D eigenvalue weighted by Crippen LogP contribution is -2.60. The van der Waals surface area contributed by atoms with Crippen LogP contribution >= 0.6 is 0 Å². The van der Waals surface area contributed by atoms with Crippen molar-refractivity contribution in [3.8, 4) is 11.5 Å². The second-order valence-electron chi connectivity index (χ2n) is 5.42. The van der Waals surface area contributed by atoms with Crippen molar-refractivity contribution >= 4 is 11.0 Å². The van der Waals surface area contributed by atoms with Crippen LogP contribution in [0.15, 0.2) is 33.7 Å². The van der Waals surface area contributed by atoms with Crippen LogP contribution in [0.3, 0.4) is 0 Å². The van der Waals surface area contributed by atoms with Crippen molar-refractivity contribution in [2.75, 3.05) is 6.61 Å². The Bertz CT molecular complexity index is 784. The van der Waals surface area contributed by atoms with Crippen molar-refractivity contribution in [1.29, 1.82) is 0 Å². The maximum absolute atomic E-state index is 11.7. The Labute approximate surface area is 134 Å². The second kappa shape index (κ2) is 6.38. The Kier molecular flexibility index (Phi) is 4.43. The van der Waals surface area contributed by atoms with Crippen LogP contribution in [0, 0.1) is 0 Å². The minimum absolute atomic E-state index is 0.00122. The topological polar surface area (TPSA) is 150 Å². The number of aliphatic hydroxyl groups excluding tert-OH is 4. The predicted molar refractivity (Wildman–Crippen MR) is 78.5 cm³/mol. The molecular formula is C15H16O9. The van der Waals surface area contributed by atoms with E-state index in [0.29, 0.717) is 0 Å². The van der Waals surface area contributed by atoms with E-state index in [4.69, 9.17) is 19.0 Å². The summed E-state index contributed by atoms with van der Waals surface area (Å²) in [5, 5.41) is 48.4. The lowest BCUT2D eigenvalue weighted by atomic mass is 9.99. The van der Waals surface area contributed by atoms with Crippen molar-refractivity contribution in [3.05, 3.63) is 34.7 Å². The number of benzene rings is 1. The van der Waals surface area contributed by atoms with E-state index in [-0.39, 0.29) is 22.5 Å².